The summed E-state index contributed by atoms with van der Waals surface area (Å²) >= 11 is 0. The molecule has 23 heavy (non-hydrogen) atoms. The Labute approximate surface area is 136 Å². The summed E-state index contributed by atoms with van der Waals surface area (Å²) < 4.78 is 1.86. The van der Waals surface area contributed by atoms with Crippen molar-refractivity contribution >= 4 is 22.3 Å². The number of nitrogens with zero attached hydrogens (tertiary/aromatic N) is 4. The molecule has 0 unspecified atom stereocenters. The van der Waals surface area contributed by atoms with Crippen LogP contribution in [-0.4, -0.2) is 20.5 Å². The summed E-state index contributed by atoms with van der Waals surface area (Å²) in [5, 5.41) is 7.13. The van der Waals surface area contributed by atoms with Crippen LogP contribution in [0, 0.1) is 0 Å². The zero-order chi connectivity index (χ0) is 17.0. The molecule has 3 rings (SSSR count). The zero-order valence-corrected chi connectivity index (χ0v) is 14.1. The van der Waals surface area contributed by atoms with Crippen LogP contribution < -0.4 is 11.6 Å². The average Bonchev–Trinajstić information content (AvgIpc) is 2.90. The number of nitrogens with two attached hydrogens (primary N) is 2. The summed E-state index contributed by atoms with van der Waals surface area (Å²) in [6, 6.07) is 5.69. The van der Waals surface area contributed by atoms with Crippen LogP contribution in [-0.2, 0) is 6.54 Å². The van der Waals surface area contributed by atoms with Gasteiger partial charge in [-0.05, 0) is 38.1 Å². The zero-order valence-electron chi connectivity index (χ0n) is 14.1. The highest BCUT2D eigenvalue weighted by molar-refractivity contribution is 5.99. The van der Waals surface area contributed by atoms with Crippen LogP contribution >= 0.6 is 0 Å². The van der Waals surface area contributed by atoms with Gasteiger partial charge >= 0.3 is 0 Å². The summed E-state index contributed by atoms with van der Waals surface area (Å²) in [6.07, 6.45) is 5.79. The van der Waals surface area contributed by atoms with E-state index in [1.54, 1.807) is 11.2 Å². The van der Waals surface area contributed by atoms with Crippen molar-refractivity contribution < 1.29 is 0 Å². The molecule has 0 bridgehead atoms. The van der Waals surface area contributed by atoms with Gasteiger partial charge in [0.2, 0.25) is 0 Å². The highest BCUT2D eigenvalue weighted by Gasteiger charge is 2.12. The molecule has 0 saturated carbocycles. The Hall–Kier alpha value is -2.60. The molecule has 2 heterocycles. The fourth-order valence-corrected chi connectivity index (χ4v) is 2.43. The molecular formula is C17H24N6. The summed E-state index contributed by atoms with van der Waals surface area (Å²) in [4.78, 5) is 4.42. The third-order valence-electron chi connectivity index (χ3n) is 3.37. The van der Waals surface area contributed by atoms with Crippen LogP contribution in [0.1, 0.15) is 27.7 Å². The number of allylic oxidation sites excluding steroid dienone is 3. The number of nitrogen functional groups attached to an aromatic ring is 1. The van der Waals surface area contributed by atoms with E-state index < -0.39 is 0 Å². The molecule has 0 radical (unpaired) electrons. The first-order valence-corrected chi connectivity index (χ1v) is 7.74. The molecule has 1 aromatic carbocycles. The number of rotatable bonds is 2. The van der Waals surface area contributed by atoms with E-state index in [0.29, 0.717) is 6.54 Å². The molecule has 0 spiro atoms. The van der Waals surface area contributed by atoms with Gasteiger partial charge in [0.25, 0.3) is 0 Å². The summed E-state index contributed by atoms with van der Waals surface area (Å²) in [5.41, 5.74) is 10.1. The van der Waals surface area contributed by atoms with Crippen molar-refractivity contribution in [2.24, 2.45) is 10.8 Å². The van der Waals surface area contributed by atoms with Crippen LogP contribution in [0.4, 0.5) is 5.69 Å². The maximum atomic E-state index is 5.98. The molecule has 0 aliphatic carbocycles. The first kappa shape index (κ1) is 16.8. The van der Waals surface area contributed by atoms with Crippen molar-refractivity contribution in [1.82, 2.24) is 14.8 Å². The molecule has 0 atom stereocenters. The van der Waals surface area contributed by atoms with Gasteiger partial charge in [-0.1, -0.05) is 13.8 Å². The van der Waals surface area contributed by atoms with E-state index in [-0.39, 0.29) is 0 Å². The quantitative estimate of drug-likeness (QED) is 0.659. The maximum Gasteiger partial charge on any atom is 0.0924 e. The second-order valence-electron chi connectivity index (χ2n) is 5.13. The molecule has 0 fully saturated rings. The number of aliphatic imine (C=N–C) groups is 1. The van der Waals surface area contributed by atoms with Gasteiger partial charge in [0.05, 0.1) is 29.2 Å². The second kappa shape index (κ2) is 7.11. The van der Waals surface area contributed by atoms with Gasteiger partial charge in [0.15, 0.2) is 0 Å². The second-order valence-corrected chi connectivity index (χ2v) is 5.13. The van der Waals surface area contributed by atoms with Crippen molar-refractivity contribution in [3.63, 3.8) is 0 Å². The van der Waals surface area contributed by atoms with Crippen molar-refractivity contribution in [3.8, 4) is 0 Å². The van der Waals surface area contributed by atoms with Gasteiger partial charge in [-0.25, -0.2) is 5.84 Å². The van der Waals surface area contributed by atoms with Crippen molar-refractivity contribution in [2.75, 3.05) is 5.73 Å². The lowest BCUT2D eigenvalue weighted by molar-refractivity contribution is 0.499. The molecule has 2 aromatic rings. The van der Waals surface area contributed by atoms with E-state index in [9.17, 15) is 0 Å². The Morgan fingerprint density at radius 2 is 1.96 bits per heavy atom. The Kier molecular flexibility index (Phi) is 5.18. The number of fused-ring (bicyclic) bond motifs is 1. The summed E-state index contributed by atoms with van der Waals surface area (Å²) in [7, 11) is 0. The lowest BCUT2D eigenvalue weighted by atomic mass is 10.2. The monoisotopic (exact) mass is 312 g/mol. The van der Waals surface area contributed by atoms with Crippen molar-refractivity contribution in [3.05, 3.63) is 48.1 Å². The molecule has 1 aliphatic rings. The highest BCUT2D eigenvalue weighted by atomic mass is 15.4. The van der Waals surface area contributed by atoms with E-state index in [0.717, 1.165) is 33.7 Å². The van der Waals surface area contributed by atoms with Crippen molar-refractivity contribution in [1.29, 1.82) is 0 Å². The van der Waals surface area contributed by atoms with Crippen molar-refractivity contribution in [2.45, 2.75) is 34.2 Å². The van der Waals surface area contributed by atoms with Gasteiger partial charge in [0.1, 0.15) is 0 Å². The van der Waals surface area contributed by atoms with E-state index in [4.69, 9.17) is 11.6 Å². The topological polar surface area (TPSA) is 85.5 Å². The number of aromatic nitrogens is 2. The molecular weight excluding hydrogens is 288 g/mol. The molecule has 0 amide bonds. The van der Waals surface area contributed by atoms with Crippen LogP contribution in [0.2, 0.25) is 0 Å². The maximum absolute atomic E-state index is 5.98. The van der Waals surface area contributed by atoms with Gasteiger partial charge in [-0.15, -0.1) is 0 Å². The molecule has 1 aliphatic heterocycles. The Morgan fingerprint density at radius 1 is 1.22 bits per heavy atom. The number of anilines is 1. The highest BCUT2D eigenvalue weighted by Crippen LogP contribution is 2.17. The number of hydrogen-bond acceptors (Lipinski definition) is 5. The number of benzene rings is 1. The Balaban J connectivity index is 0.000000924. The van der Waals surface area contributed by atoms with Crippen LogP contribution in [0.25, 0.3) is 10.9 Å². The molecule has 4 N–H and O–H groups in total. The van der Waals surface area contributed by atoms with E-state index in [2.05, 4.69) is 10.1 Å². The third kappa shape index (κ3) is 3.78. The predicted molar refractivity (Wildman–Crippen MR) is 96.5 cm³/mol. The fourth-order valence-electron chi connectivity index (χ4n) is 2.43. The Bertz CT molecular complexity index is 781. The Morgan fingerprint density at radius 3 is 2.65 bits per heavy atom. The molecule has 6 nitrogen and oxygen atoms in total. The van der Waals surface area contributed by atoms with Crippen LogP contribution in [0.15, 0.2) is 53.1 Å². The minimum Gasteiger partial charge on any atom is -0.399 e. The van der Waals surface area contributed by atoms with Gasteiger partial charge < -0.3 is 5.73 Å². The van der Waals surface area contributed by atoms with Gasteiger partial charge in [0, 0.05) is 23.5 Å². The SMILES string of the molecule is CC.CC1=CN(N)/C(=C\Cn2cc3cc(N)ccc3n2)C(C)=N1. The standard InChI is InChI=1S/C15H18N6.C2H6/c1-10-8-21(17)15(11(2)18-10)5-6-20-9-12-7-13(16)3-4-14(12)19-20;1-2/h3-5,7-9H,6,16-17H2,1-2H3;1-2H3/b15-5-;. The molecule has 0 saturated heterocycles. The predicted octanol–water partition coefficient (Wildman–Crippen LogP) is 3.04. The molecule has 6 heteroatoms. The molecule has 1 aromatic heterocycles. The van der Waals surface area contributed by atoms with Crippen LogP contribution in [0.5, 0.6) is 0 Å². The summed E-state index contributed by atoms with van der Waals surface area (Å²) in [6.45, 7) is 8.49. The largest absolute Gasteiger partial charge is 0.399 e. The minimum atomic E-state index is 0.622. The van der Waals surface area contributed by atoms with E-state index >= 15 is 0 Å². The third-order valence-corrected chi connectivity index (χ3v) is 3.37. The normalized spacial score (nSPS) is 16.0. The van der Waals surface area contributed by atoms with Crippen LogP contribution in [0.3, 0.4) is 0 Å². The fraction of sp³-hybridized carbons (Fsp3) is 0.294. The first-order chi connectivity index (χ1) is 11.0. The van der Waals surface area contributed by atoms with E-state index in [1.807, 2.05) is 62.8 Å². The lowest BCUT2D eigenvalue weighted by Gasteiger charge is -2.22. The number of hydrazine groups is 1. The first-order valence-electron chi connectivity index (χ1n) is 7.74. The number of hydrogen-bond donors (Lipinski definition) is 2. The summed E-state index contributed by atoms with van der Waals surface area (Å²) in [5.74, 6) is 5.98. The lowest BCUT2D eigenvalue weighted by Crippen LogP contribution is -2.31. The molecule has 122 valence electrons. The smallest absolute Gasteiger partial charge is 0.0924 e. The van der Waals surface area contributed by atoms with E-state index in [1.165, 1.54) is 0 Å². The minimum absolute atomic E-state index is 0.622. The van der Waals surface area contributed by atoms with Gasteiger partial charge in [-0.3, -0.25) is 14.7 Å². The van der Waals surface area contributed by atoms with Gasteiger partial charge in [-0.2, -0.15) is 5.10 Å². The average molecular weight is 312 g/mol.